The van der Waals surface area contributed by atoms with Crippen molar-refractivity contribution in [3.8, 4) is 0 Å². The third-order valence-electron chi connectivity index (χ3n) is 0.632. The summed E-state index contributed by atoms with van der Waals surface area (Å²) in [4.78, 5) is 0. The molecule has 0 aliphatic rings. The second kappa shape index (κ2) is 5.66. The van der Waals surface area contributed by atoms with E-state index >= 15 is 0 Å². The van der Waals surface area contributed by atoms with Gasteiger partial charge in [0.2, 0.25) is 0 Å². The Kier molecular flexibility index (Phi) is 5.39. The van der Waals surface area contributed by atoms with Crippen LogP contribution in [-0.4, -0.2) is 13.6 Å². The predicted molar refractivity (Wildman–Crippen MR) is 31.9 cm³/mol. The molecule has 0 amide bonds. The zero-order valence-corrected chi connectivity index (χ0v) is 4.86. The van der Waals surface area contributed by atoms with E-state index < -0.39 is 0 Å². The summed E-state index contributed by atoms with van der Waals surface area (Å²) < 4.78 is 0. The molecule has 0 radical (unpaired) electrons. The smallest absolute Gasteiger partial charge is 0.0280 e. The SMILES string of the molecule is C/C=C\CNNC. The Bertz CT molecular complexity index is 50.0. The molecule has 0 spiro atoms. The minimum absolute atomic E-state index is 0.896. The van der Waals surface area contributed by atoms with Gasteiger partial charge in [0.25, 0.3) is 0 Å². The molecule has 2 N–H and O–H groups in total. The third kappa shape index (κ3) is 5.66. The lowest BCUT2D eigenvalue weighted by Gasteiger charge is -1.92. The first kappa shape index (κ1) is 6.66. The molecule has 42 valence electrons. The molecular weight excluding hydrogens is 88.1 g/mol. The molecule has 0 rings (SSSR count). The zero-order chi connectivity index (χ0) is 5.54. The number of hydrogen-bond donors (Lipinski definition) is 2. The van der Waals surface area contributed by atoms with Crippen LogP contribution in [0.3, 0.4) is 0 Å². The summed E-state index contributed by atoms with van der Waals surface area (Å²) in [6.07, 6.45) is 4.04. The van der Waals surface area contributed by atoms with Crippen LogP contribution in [0.2, 0.25) is 0 Å². The highest BCUT2D eigenvalue weighted by Gasteiger charge is 1.66. The van der Waals surface area contributed by atoms with Gasteiger partial charge in [-0.2, -0.15) is 0 Å². The lowest BCUT2D eigenvalue weighted by atomic mass is 10.5. The van der Waals surface area contributed by atoms with Crippen LogP contribution in [0.15, 0.2) is 12.2 Å². The third-order valence-corrected chi connectivity index (χ3v) is 0.632. The van der Waals surface area contributed by atoms with Gasteiger partial charge in [-0.25, -0.2) is 0 Å². The van der Waals surface area contributed by atoms with Crippen molar-refractivity contribution >= 4 is 0 Å². The number of allylic oxidation sites excluding steroid dienone is 1. The first-order valence-corrected chi connectivity index (χ1v) is 2.42. The summed E-state index contributed by atoms with van der Waals surface area (Å²) in [6.45, 7) is 2.89. The number of hydrazine groups is 1. The van der Waals surface area contributed by atoms with Gasteiger partial charge in [-0.15, -0.1) is 0 Å². The zero-order valence-electron chi connectivity index (χ0n) is 4.86. The van der Waals surface area contributed by atoms with E-state index in [2.05, 4.69) is 10.9 Å². The summed E-state index contributed by atoms with van der Waals surface area (Å²) >= 11 is 0. The van der Waals surface area contributed by atoms with Crippen LogP contribution in [-0.2, 0) is 0 Å². The Morgan fingerprint density at radius 3 is 2.71 bits per heavy atom. The Balaban J connectivity index is 2.69. The second-order valence-electron chi connectivity index (χ2n) is 1.20. The van der Waals surface area contributed by atoms with E-state index in [1.54, 1.807) is 0 Å². The normalized spacial score (nSPS) is 10.6. The van der Waals surface area contributed by atoms with Gasteiger partial charge in [0, 0.05) is 6.54 Å². The molecule has 0 heterocycles. The summed E-state index contributed by atoms with van der Waals surface area (Å²) in [5, 5.41) is 0. The molecule has 0 aliphatic carbocycles. The highest BCUT2D eigenvalue weighted by atomic mass is 15.3. The van der Waals surface area contributed by atoms with Crippen LogP contribution in [0.5, 0.6) is 0 Å². The van der Waals surface area contributed by atoms with Gasteiger partial charge in [0.1, 0.15) is 0 Å². The van der Waals surface area contributed by atoms with E-state index in [0.717, 1.165) is 6.54 Å². The topological polar surface area (TPSA) is 24.1 Å². The minimum Gasteiger partial charge on any atom is -0.261 e. The maximum Gasteiger partial charge on any atom is 0.0280 e. The summed E-state index contributed by atoms with van der Waals surface area (Å²) in [5.41, 5.74) is 5.71. The fourth-order valence-corrected chi connectivity index (χ4v) is 0.279. The van der Waals surface area contributed by atoms with Crippen LogP contribution < -0.4 is 10.9 Å². The number of nitrogens with one attached hydrogen (secondary N) is 2. The largest absolute Gasteiger partial charge is 0.261 e. The lowest BCUT2D eigenvalue weighted by molar-refractivity contribution is 0.646. The lowest BCUT2D eigenvalue weighted by Crippen LogP contribution is -2.27. The summed E-state index contributed by atoms with van der Waals surface area (Å²) in [5.74, 6) is 0. The van der Waals surface area contributed by atoms with E-state index in [9.17, 15) is 0 Å². The molecule has 0 aliphatic heterocycles. The Morgan fingerprint density at radius 1 is 1.57 bits per heavy atom. The molecule has 2 heteroatoms. The Hall–Kier alpha value is -0.340. The fourth-order valence-electron chi connectivity index (χ4n) is 0.279. The average Bonchev–Trinajstić information content (AvgIpc) is 1.69. The Labute approximate surface area is 44.6 Å². The molecule has 0 aromatic heterocycles. The molecule has 0 fully saturated rings. The first-order chi connectivity index (χ1) is 3.41. The van der Waals surface area contributed by atoms with Crippen molar-refractivity contribution in [3.05, 3.63) is 12.2 Å². The van der Waals surface area contributed by atoms with Crippen molar-refractivity contribution < 1.29 is 0 Å². The van der Waals surface area contributed by atoms with E-state index in [1.165, 1.54) is 0 Å². The maximum atomic E-state index is 2.91. The fraction of sp³-hybridized carbons (Fsp3) is 0.600. The number of rotatable bonds is 3. The highest BCUT2D eigenvalue weighted by Crippen LogP contribution is 1.61. The van der Waals surface area contributed by atoms with Gasteiger partial charge in [-0.3, -0.25) is 10.9 Å². The molecule has 0 aromatic carbocycles. The van der Waals surface area contributed by atoms with Gasteiger partial charge in [-0.1, -0.05) is 12.2 Å². The highest BCUT2D eigenvalue weighted by molar-refractivity contribution is 4.77. The van der Waals surface area contributed by atoms with Crippen molar-refractivity contribution in [2.75, 3.05) is 13.6 Å². The quantitative estimate of drug-likeness (QED) is 0.302. The molecule has 0 saturated heterocycles. The van der Waals surface area contributed by atoms with Crippen molar-refractivity contribution in [1.82, 2.24) is 10.9 Å². The minimum atomic E-state index is 0.896. The van der Waals surface area contributed by atoms with Gasteiger partial charge in [0.15, 0.2) is 0 Å². The first-order valence-electron chi connectivity index (χ1n) is 2.42. The van der Waals surface area contributed by atoms with Crippen LogP contribution in [0.4, 0.5) is 0 Å². The van der Waals surface area contributed by atoms with Crippen molar-refractivity contribution in [1.29, 1.82) is 0 Å². The summed E-state index contributed by atoms with van der Waals surface area (Å²) in [6, 6.07) is 0. The second-order valence-corrected chi connectivity index (χ2v) is 1.20. The number of hydrogen-bond acceptors (Lipinski definition) is 2. The molecule has 0 atom stereocenters. The van der Waals surface area contributed by atoms with Crippen molar-refractivity contribution in [3.63, 3.8) is 0 Å². The van der Waals surface area contributed by atoms with Gasteiger partial charge in [-0.05, 0) is 14.0 Å². The van der Waals surface area contributed by atoms with Crippen molar-refractivity contribution in [2.24, 2.45) is 0 Å². The molecule has 0 bridgehead atoms. The maximum absolute atomic E-state index is 2.91. The average molecular weight is 100 g/mol. The van der Waals surface area contributed by atoms with E-state index in [1.807, 2.05) is 26.1 Å². The van der Waals surface area contributed by atoms with Crippen LogP contribution >= 0.6 is 0 Å². The van der Waals surface area contributed by atoms with Gasteiger partial charge >= 0.3 is 0 Å². The van der Waals surface area contributed by atoms with Crippen LogP contribution in [0.25, 0.3) is 0 Å². The van der Waals surface area contributed by atoms with E-state index in [-0.39, 0.29) is 0 Å². The molecule has 0 unspecified atom stereocenters. The van der Waals surface area contributed by atoms with Gasteiger partial charge < -0.3 is 0 Å². The molecule has 7 heavy (non-hydrogen) atoms. The van der Waals surface area contributed by atoms with E-state index in [4.69, 9.17) is 0 Å². The monoisotopic (exact) mass is 100 g/mol. The van der Waals surface area contributed by atoms with E-state index in [0.29, 0.717) is 0 Å². The molecule has 0 aromatic rings. The summed E-state index contributed by atoms with van der Waals surface area (Å²) in [7, 11) is 1.85. The molecule has 0 saturated carbocycles. The van der Waals surface area contributed by atoms with Crippen LogP contribution in [0.1, 0.15) is 6.92 Å². The van der Waals surface area contributed by atoms with Crippen LogP contribution in [0, 0.1) is 0 Å². The standard InChI is InChI=1S/C5H12N2/c1-3-4-5-7-6-2/h3-4,6-7H,5H2,1-2H3/b4-3-. The van der Waals surface area contributed by atoms with Crippen molar-refractivity contribution in [2.45, 2.75) is 6.92 Å². The molecular formula is C5H12N2. The molecule has 2 nitrogen and oxygen atoms in total. The Morgan fingerprint density at radius 2 is 2.29 bits per heavy atom. The van der Waals surface area contributed by atoms with Gasteiger partial charge in [0.05, 0.1) is 0 Å². The predicted octanol–water partition coefficient (Wildman–Crippen LogP) is 0.286.